The summed E-state index contributed by atoms with van der Waals surface area (Å²) < 4.78 is 16.4. The first kappa shape index (κ1) is 38.7. The van der Waals surface area contributed by atoms with Crippen molar-refractivity contribution in [3.8, 4) is 0 Å². The fourth-order valence-electron chi connectivity index (χ4n) is 6.26. The van der Waals surface area contributed by atoms with Crippen LogP contribution in [-0.2, 0) is 23.8 Å². The van der Waals surface area contributed by atoms with Crippen molar-refractivity contribution in [2.45, 2.75) is 18.4 Å². The number of rotatable bonds is 16. The van der Waals surface area contributed by atoms with E-state index in [0.29, 0.717) is 74.2 Å². The molecule has 2 amide bonds. The lowest BCUT2D eigenvalue weighted by Gasteiger charge is -2.30. The van der Waals surface area contributed by atoms with Gasteiger partial charge in [-0.2, -0.15) is 5.10 Å². The van der Waals surface area contributed by atoms with Crippen molar-refractivity contribution in [2.24, 2.45) is 16.6 Å². The van der Waals surface area contributed by atoms with E-state index in [4.69, 9.17) is 25.8 Å². The lowest BCUT2D eigenvalue weighted by atomic mass is 9.98. The Morgan fingerprint density at radius 3 is 2.60 bits per heavy atom. The number of allylic oxidation sites excluding steroid dienone is 3. The number of ether oxygens (including phenoxy) is 3. The van der Waals surface area contributed by atoms with Crippen LogP contribution in [0.5, 0.6) is 0 Å². The van der Waals surface area contributed by atoms with E-state index < -0.39 is 5.60 Å². The number of nitrogens with zero attached hydrogens (tertiary/aromatic N) is 5. The van der Waals surface area contributed by atoms with Crippen molar-refractivity contribution in [1.82, 2.24) is 25.0 Å². The number of H-pyrrole nitrogens is 1. The van der Waals surface area contributed by atoms with Crippen molar-refractivity contribution < 1.29 is 23.8 Å². The molecular weight excluding hydrogens is 674 g/mol. The average molecular weight is 724 g/mol. The van der Waals surface area contributed by atoms with Crippen molar-refractivity contribution in [1.29, 1.82) is 0 Å². The lowest BCUT2D eigenvalue weighted by molar-refractivity contribution is -0.138. The van der Waals surface area contributed by atoms with Crippen molar-refractivity contribution in [2.75, 3.05) is 72.5 Å². The highest BCUT2D eigenvalue weighted by atomic mass is 16.5. The van der Waals surface area contributed by atoms with Gasteiger partial charge in [0.15, 0.2) is 5.60 Å². The molecule has 0 radical (unpaired) electrons. The molecule has 3 heterocycles. The zero-order valence-electron chi connectivity index (χ0n) is 30.6. The first-order valence-corrected chi connectivity index (χ1v) is 17.3. The summed E-state index contributed by atoms with van der Waals surface area (Å²) in [6, 6.07) is 13.5. The molecule has 14 heteroatoms. The van der Waals surface area contributed by atoms with Crippen molar-refractivity contribution in [3.05, 3.63) is 103 Å². The van der Waals surface area contributed by atoms with Crippen LogP contribution < -0.4 is 16.9 Å². The summed E-state index contributed by atoms with van der Waals surface area (Å²) in [5, 5.41) is 12.6. The molecule has 1 saturated heterocycles. The van der Waals surface area contributed by atoms with Crippen molar-refractivity contribution >= 4 is 51.6 Å². The molecule has 6 N–H and O–H groups in total. The number of likely N-dealkylation sites (tertiary alicyclic amines) is 1. The number of hydrazine groups is 1. The third-order valence-corrected chi connectivity index (χ3v) is 9.32. The van der Waals surface area contributed by atoms with E-state index in [1.807, 2.05) is 46.2 Å². The van der Waals surface area contributed by atoms with Gasteiger partial charge >= 0.3 is 0 Å². The second-order valence-corrected chi connectivity index (χ2v) is 13.0. The topological polar surface area (TPSA) is 177 Å². The van der Waals surface area contributed by atoms with Crippen LogP contribution in [0.2, 0.25) is 0 Å². The van der Waals surface area contributed by atoms with E-state index >= 15 is 0 Å². The molecule has 5 rings (SSSR count). The SMILES string of the molecule is C=C(/C=C\C(=C/N)c1n[nH]c2ccc(NC(=O)[C@]3(OC)CCN(CC(=O)N4CC=C(c5ccc(C(=C)N=CN(C)N)cc5)CC4)C3)cc12)OCCOC. The maximum atomic E-state index is 13.7. The van der Waals surface area contributed by atoms with Gasteiger partial charge in [-0.05, 0) is 59.9 Å². The molecule has 0 saturated carbocycles. The fourth-order valence-corrected chi connectivity index (χ4v) is 6.26. The third-order valence-electron chi connectivity index (χ3n) is 9.32. The number of carbonyl (C=O) groups excluding carboxylic acids is 2. The summed E-state index contributed by atoms with van der Waals surface area (Å²) >= 11 is 0. The number of hydrogen-bond acceptors (Lipinski definition) is 10. The second kappa shape index (κ2) is 17.8. The highest BCUT2D eigenvalue weighted by Crippen LogP contribution is 2.30. The van der Waals surface area contributed by atoms with Gasteiger partial charge in [0, 0.05) is 70.3 Å². The Morgan fingerprint density at radius 2 is 1.92 bits per heavy atom. The van der Waals surface area contributed by atoms with Gasteiger partial charge in [0.25, 0.3) is 5.91 Å². The molecule has 14 nitrogen and oxygen atoms in total. The predicted octanol–water partition coefficient (Wildman–Crippen LogP) is 3.75. The van der Waals surface area contributed by atoms with E-state index in [1.165, 1.54) is 30.2 Å². The van der Waals surface area contributed by atoms with Gasteiger partial charge < -0.3 is 35.2 Å². The maximum absolute atomic E-state index is 13.7. The quantitative estimate of drug-likeness (QED) is 0.0324. The zero-order valence-corrected chi connectivity index (χ0v) is 30.6. The van der Waals surface area contributed by atoms with Gasteiger partial charge in [-0.3, -0.25) is 19.6 Å². The Bertz CT molecular complexity index is 1930. The number of aromatic nitrogens is 2. The summed E-state index contributed by atoms with van der Waals surface area (Å²) in [6.45, 7) is 10.9. The normalized spacial score (nSPS) is 18.2. The number of methoxy groups -OCH3 is 2. The van der Waals surface area contributed by atoms with Crippen LogP contribution in [0.15, 0.2) is 90.8 Å². The molecule has 0 aliphatic carbocycles. The Labute approximate surface area is 310 Å². The van der Waals surface area contributed by atoms with Gasteiger partial charge in [0.1, 0.15) is 24.4 Å². The highest BCUT2D eigenvalue weighted by Gasteiger charge is 2.45. The summed E-state index contributed by atoms with van der Waals surface area (Å²) in [5.74, 6) is 5.78. The number of hydrogen-bond donors (Lipinski definition) is 4. The van der Waals surface area contributed by atoms with Crippen LogP contribution in [0.25, 0.3) is 27.7 Å². The molecule has 53 heavy (non-hydrogen) atoms. The Kier molecular flexibility index (Phi) is 13.0. The van der Waals surface area contributed by atoms with E-state index in [2.05, 4.69) is 39.7 Å². The number of amides is 2. The van der Waals surface area contributed by atoms with E-state index in [1.54, 1.807) is 32.4 Å². The van der Waals surface area contributed by atoms with E-state index in [9.17, 15) is 9.59 Å². The van der Waals surface area contributed by atoms with Crippen LogP contribution in [0.1, 0.15) is 29.7 Å². The van der Waals surface area contributed by atoms with Crippen LogP contribution in [0, 0.1) is 0 Å². The van der Waals surface area contributed by atoms with Gasteiger partial charge in [-0.15, -0.1) is 0 Å². The van der Waals surface area contributed by atoms with Crippen molar-refractivity contribution in [3.63, 3.8) is 0 Å². The number of benzene rings is 2. The fraction of sp³-hybridized carbons (Fsp3) is 0.333. The standard InChI is InChI=1S/C39H49N9O5/c1-27(53-21-20-51-4)6-7-32(23-40)37-34-22-33(12-13-35(34)44-45-37)43-38(50)39(52-5)16-19-47(25-39)24-36(49)48-17-14-31(15-18-48)30-10-8-29(9-11-30)28(2)42-26-46(3)41/h6-14,22-23,26H,1-2,15-21,24-25,40-41H2,3-5H3,(H,43,50)(H,44,45)/b7-6-,32-23+,42-26?/t39-/m0/s1. The monoisotopic (exact) mass is 723 g/mol. The first-order valence-electron chi connectivity index (χ1n) is 17.3. The molecule has 1 atom stereocenters. The summed E-state index contributed by atoms with van der Waals surface area (Å²) in [4.78, 5) is 35.2. The summed E-state index contributed by atoms with van der Waals surface area (Å²) in [7, 11) is 4.83. The highest BCUT2D eigenvalue weighted by molar-refractivity contribution is 6.01. The number of nitrogens with two attached hydrogens (primary N) is 2. The number of fused-ring (bicyclic) bond motifs is 1. The molecular formula is C39H49N9O5. The van der Waals surface area contributed by atoms with Gasteiger partial charge in [-0.1, -0.05) is 43.5 Å². The predicted molar refractivity (Wildman–Crippen MR) is 209 cm³/mol. The number of nitrogens with one attached hydrogen (secondary N) is 2. The van der Waals surface area contributed by atoms with Crippen LogP contribution in [0.4, 0.5) is 5.69 Å². The maximum Gasteiger partial charge on any atom is 0.258 e. The molecule has 2 aliphatic rings. The Morgan fingerprint density at radius 1 is 1.13 bits per heavy atom. The summed E-state index contributed by atoms with van der Waals surface area (Å²) in [5.41, 5.74) is 11.3. The second-order valence-electron chi connectivity index (χ2n) is 13.0. The molecule has 0 spiro atoms. The molecule has 0 bridgehead atoms. The van der Waals surface area contributed by atoms with E-state index in [-0.39, 0.29) is 18.4 Å². The average Bonchev–Trinajstić information content (AvgIpc) is 3.79. The molecule has 280 valence electrons. The van der Waals surface area contributed by atoms with Crippen LogP contribution >= 0.6 is 0 Å². The van der Waals surface area contributed by atoms with Crippen LogP contribution in [-0.4, -0.2) is 116 Å². The number of aliphatic imine (C=N–C) groups is 1. The third kappa shape index (κ3) is 9.67. The number of carbonyl (C=O) groups is 2. The minimum absolute atomic E-state index is 0.0165. The lowest BCUT2D eigenvalue weighted by Crippen LogP contribution is -2.48. The zero-order chi connectivity index (χ0) is 38.0. The Hall–Kier alpha value is -5.54. The minimum Gasteiger partial charge on any atom is -0.492 e. The molecule has 0 unspecified atom stereocenters. The van der Waals surface area contributed by atoms with Crippen LogP contribution in [0.3, 0.4) is 0 Å². The molecule has 2 aliphatic heterocycles. The number of anilines is 1. The molecule has 2 aromatic carbocycles. The molecule has 1 aromatic heterocycles. The van der Waals surface area contributed by atoms with Gasteiger partial charge in [-0.25, -0.2) is 10.8 Å². The molecule has 3 aromatic rings. The van der Waals surface area contributed by atoms with Gasteiger partial charge in [0.05, 0.1) is 24.4 Å². The smallest absolute Gasteiger partial charge is 0.258 e. The minimum atomic E-state index is -1.11. The first-order chi connectivity index (χ1) is 25.5. The largest absolute Gasteiger partial charge is 0.492 e. The Balaban J connectivity index is 1.17. The molecule has 1 fully saturated rings. The van der Waals surface area contributed by atoms with E-state index in [0.717, 1.165) is 28.5 Å². The number of aromatic amines is 1. The van der Waals surface area contributed by atoms with Gasteiger partial charge in [0.2, 0.25) is 5.91 Å². The summed E-state index contributed by atoms with van der Waals surface area (Å²) in [6.07, 6.45) is 9.72.